The molecular formula is C15H19FN2O2. The van der Waals surface area contributed by atoms with Crippen molar-refractivity contribution < 1.29 is 14.0 Å². The zero-order chi connectivity index (χ0) is 14.9. The maximum Gasteiger partial charge on any atom is 0.251 e. The van der Waals surface area contributed by atoms with Crippen LogP contribution in [0.5, 0.6) is 0 Å². The minimum Gasteiger partial charge on any atom is -0.347 e. The van der Waals surface area contributed by atoms with Crippen molar-refractivity contribution in [2.45, 2.75) is 38.8 Å². The normalized spacial score (nSPS) is 19.3. The van der Waals surface area contributed by atoms with Crippen LogP contribution >= 0.6 is 0 Å². The maximum atomic E-state index is 13.1. The number of amides is 2. The van der Waals surface area contributed by atoms with Gasteiger partial charge in [0.2, 0.25) is 5.91 Å². The number of hydrogen-bond acceptors (Lipinski definition) is 2. The first-order chi connectivity index (χ1) is 9.27. The van der Waals surface area contributed by atoms with E-state index in [0.717, 1.165) is 0 Å². The predicted molar refractivity (Wildman–Crippen MR) is 73.7 cm³/mol. The lowest BCUT2D eigenvalue weighted by Crippen LogP contribution is -2.44. The Morgan fingerprint density at radius 2 is 2.10 bits per heavy atom. The Balaban J connectivity index is 2.02. The van der Waals surface area contributed by atoms with Gasteiger partial charge in [0.25, 0.3) is 5.91 Å². The summed E-state index contributed by atoms with van der Waals surface area (Å²) < 4.78 is 13.1. The Hall–Kier alpha value is -1.91. The third kappa shape index (κ3) is 3.15. The molecule has 2 amide bonds. The number of nitrogens with zero attached hydrogens (tertiary/aromatic N) is 1. The first kappa shape index (κ1) is 14.5. The Morgan fingerprint density at radius 3 is 2.65 bits per heavy atom. The highest BCUT2D eigenvalue weighted by atomic mass is 19.1. The van der Waals surface area contributed by atoms with Gasteiger partial charge < -0.3 is 10.2 Å². The van der Waals surface area contributed by atoms with Gasteiger partial charge in [-0.15, -0.1) is 0 Å². The second-order valence-corrected chi connectivity index (χ2v) is 6.06. The van der Waals surface area contributed by atoms with Crippen molar-refractivity contribution in [2.24, 2.45) is 0 Å². The summed E-state index contributed by atoms with van der Waals surface area (Å²) >= 11 is 0. The molecule has 1 unspecified atom stereocenters. The van der Waals surface area contributed by atoms with Crippen LogP contribution in [0.15, 0.2) is 24.3 Å². The van der Waals surface area contributed by atoms with Crippen LogP contribution in [0.3, 0.4) is 0 Å². The number of halogens is 1. The van der Waals surface area contributed by atoms with Crippen molar-refractivity contribution in [3.63, 3.8) is 0 Å². The molecule has 0 saturated carbocycles. The lowest BCUT2D eigenvalue weighted by atomic mass is 10.1. The molecule has 0 radical (unpaired) electrons. The van der Waals surface area contributed by atoms with Crippen molar-refractivity contribution in [1.29, 1.82) is 0 Å². The highest BCUT2D eigenvalue weighted by Crippen LogP contribution is 2.22. The fourth-order valence-electron chi connectivity index (χ4n) is 2.35. The highest BCUT2D eigenvalue weighted by Gasteiger charge is 2.36. The van der Waals surface area contributed by atoms with Crippen LogP contribution in [0.1, 0.15) is 37.6 Å². The summed E-state index contributed by atoms with van der Waals surface area (Å²) in [6.07, 6.45) is 0.290. The average Bonchev–Trinajstić information content (AvgIpc) is 2.70. The van der Waals surface area contributed by atoms with Gasteiger partial charge >= 0.3 is 0 Å². The van der Waals surface area contributed by atoms with Gasteiger partial charge in [-0.3, -0.25) is 9.59 Å². The molecule has 20 heavy (non-hydrogen) atoms. The molecule has 1 fully saturated rings. The van der Waals surface area contributed by atoms with Gasteiger partial charge in [-0.1, -0.05) is 6.07 Å². The molecule has 5 heteroatoms. The summed E-state index contributed by atoms with van der Waals surface area (Å²) in [5.74, 6) is -0.767. The monoisotopic (exact) mass is 278 g/mol. The van der Waals surface area contributed by atoms with E-state index in [1.165, 1.54) is 18.2 Å². The van der Waals surface area contributed by atoms with Crippen LogP contribution in [-0.2, 0) is 4.79 Å². The van der Waals surface area contributed by atoms with Gasteiger partial charge in [-0.2, -0.15) is 0 Å². The molecule has 1 aromatic carbocycles. The largest absolute Gasteiger partial charge is 0.347 e. The van der Waals surface area contributed by atoms with Crippen LogP contribution in [0, 0.1) is 5.82 Å². The predicted octanol–water partition coefficient (Wildman–Crippen LogP) is 1.95. The van der Waals surface area contributed by atoms with E-state index in [9.17, 15) is 14.0 Å². The van der Waals surface area contributed by atoms with Gasteiger partial charge in [0, 0.05) is 24.1 Å². The van der Waals surface area contributed by atoms with Crippen molar-refractivity contribution >= 4 is 11.8 Å². The fraction of sp³-hybridized carbons (Fsp3) is 0.467. The average molecular weight is 278 g/mol. The molecule has 1 aromatic rings. The van der Waals surface area contributed by atoms with Gasteiger partial charge in [-0.25, -0.2) is 4.39 Å². The first-order valence-corrected chi connectivity index (χ1v) is 6.64. The Morgan fingerprint density at radius 1 is 1.40 bits per heavy atom. The summed E-state index contributed by atoms with van der Waals surface area (Å²) in [7, 11) is 0. The molecule has 1 N–H and O–H groups in total. The standard InChI is InChI=1S/C15H19FN2O2/c1-15(2,3)18-9-12(8-13(18)19)17-14(20)10-5-4-6-11(16)7-10/h4-7,12H,8-9H2,1-3H3,(H,17,20). The topological polar surface area (TPSA) is 49.4 Å². The molecule has 0 aliphatic carbocycles. The minimum absolute atomic E-state index is 0.0297. The second-order valence-electron chi connectivity index (χ2n) is 6.06. The Kier molecular flexibility index (Phi) is 3.79. The molecule has 0 aromatic heterocycles. The van der Waals surface area contributed by atoms with Gasteiger partial charge in [0.05, 0.1) is 6.04 Å². The van der Waals surface area contributed by atoms with E-state index < -0.39 is 5.82 Å². The van der Waals surface area contributed by atoms with E-state index in [1.54, 1.807) is 11.0 Å². The zero-order valence-corrected chi connectivity index (χ0v) is 11.9. The van der Waals surface area contributed by atoms with E-state index in [1.807, 2.05) is 20.8 Å². The van der Waals surface area contributed by atoms with Gasteiger partial charge in [0.1, 0.15) is 5.82 Å². The Labute approximate surface area is 118 Å². The van der Waals surface area contributed by atoms with Crippen LogP contribution < -0.4 is 5.32 Å². The summed E-state index contributed by atoms with van der Waals surface area (Å²) in [5, 5.41) is 2.79. The van der Waals surface area contributed by atoms with E-state index in [-0.39, 0.29) is 29.0 Å². The van der Waals surface area contributed by atoms with Crippen molar-refractivity contribution in [2.75, 3.05) is 6.54 Å². The van der Waals surface area contributed by atoms with Crippen molar-refractivity contribution in [1.82, 2.24) is 10.2 Å². The van der Waals surface area contributed by atoms with E-state index in [0.29, 0.717) is 13.0 Å². The second kappa shape index (κ2) is 5.23. The summed E-state index contributed by atoms with van der Waals surface area (Å²) in [6, 6.07) is 5.30. The van der Waals surface area contributed by atoms with Crippen LogP contribution in [0.25, 0.3) is 0 Å². The molecule has 0 bridgehead atoms. The maximum absolute atomic E-state index is 13.1. The summed E-state index contributed by atoms with van der Waals surface area (Å²) in [4.78, 5) is 25.7. The van der Waals surface area contributed by atoms with Crippen LogP contribution in [0.2, 0.25) is 0 Å². The molecule has 4 nitrogen and oxygen atoms in total. The van der Waals surface area contributed by atoms with E-state index in [2.05, 4.69) is 5.32 Å². The fourth-order valence-corrected chi connectivity index (χ4v) is 2.35. The number of nitrogens with one attached hydrogen (secondary N) is 1. The smallest absolute Gasteiger partial charge is 0.251 e. The minimum atomic E-state index is -0.448. The Bertz CT molecular complexity index is 537. The summed E-state index contributed by atoms with van der Waals surface area (Å²) in [6.45, 7) is 6.37. The summed E-state index contributed by atoms with van der Waals surface area (Å²) in [5.41, 5.74) is 0.0155. The van der Waals surface area contributed by atoms with Gasteiger partial charge in [0.15, 0.2) is 0 Å². The molecule has 1 aliphatic rings. The third-order valence-corrected chi connectivity index (χ3v) is 3.36. The molecule has 1 atom stereocenters. The SMILES string of the molecule is CC(C)(C)N1CC(NC(=O)c2cccc(F)c2)CC1=O. The zero-order valence-electron chi connectivity index (χ0n) is 11.9. The molecular weight excluding hydrogens is 259 g/mol. The molecule has 2 rings (SSSR count). The third-order valence-electron chi connectivity index (χ3n) is 3.36. The van der Waals surface area contributed by atoms with E-state index >= 15 is 0 Å². The van der Waals surface area contributed by atoms with Crippen molar-refractivity contribution in [3.05, 3.63) is 35.6 Å². The number of hydrogen-bond donors (Lipinski definition) is 1. The lowest BCUT2D eigenvalue weighted by molar-refractivity contribution is -0.131. The van der Waals surface area contributed by atoms with Crippen LogP contribution in [-0.4, -0.2) is 34.8 Å². The molecule has 1 aliphatic heterocycles. The van der Waals surface area contributed by atoms with E-state index in [4.69, 9.17) is 0 Å². The molecule has 108 valence electrons. The highest BCUT2D eigenvalue weighted by molar-refractivity contribution is 5.95. The number of rotatable bonds is 2. The van der Waals surface area contributed by atoms with Gasteiger partial charge in [-0.05, 0) is 39.0 Å². The lowest BCUT2D eigenvalue weighted by Gasteiger charge is -2.32. The molecule has 1 saturated heterocycles. The molecule has 1 heterocycles. The quantitative estimate of drug-likeness (QED) is 0.899. The molecule has 0 spiro atoms. The number of carbonyl (C=O) groups excluding carboxylic acids is 2. The van der Waals surface area contributed by atoms with Crippen molar-refractivity contribution in [3.8, 4) is 0 Å². The first-order valence-electron chi connectivity index (χ1n) is 6.64. The number of likely N-dealkylation sites (tertiary alicyclic amines) is 1. The van der Waals surface area contributed by atoms with Crippen LogP contribution in [0.4, 0.5) is 4.39 Å². The number of benzene rings is 1. The number of carbonyl (C=O) groups is 2.